The van der Waals surface area contributed by atoms with Crippen LogP contribution in [0.1, 0.15) is 31.2 Å². The first-order chi connectivity index (χ1) is 8.33. The van der Waals surface area contributed by atoms with Crippen molar-refractivity contribution in [2.24, 2.45) is 0 Å². The fourth-order valence-electron chi connectivity index (χ4n) is 1.65. The first-order valence-corrected chi connectivity index (χ1v) is 6.28. The van der Waals surface area contributed by atoms with Gasteiger partial charge in [-0.05, 0) is 32.0 Å². The van der Waals surface area contributed by atoms with Crippen molar-refractivity contribution in [3.63, 3.8) is 0 Å². The van der Waals surface area contributed by atoms with E-state index >= 15 is 0 Å². The molecule has 1 aromatic rings. The van der Waals surface area contributed by atoms with Crippen molar-refractivity contribution < 1.29 is 4.79 Å². The maximum Gasteiger partial charge on any atom is 0.220 e. The predicted molar refractivity (Wildman–Crippen MR) is 70.7 cm³/mol. The lowest BCUT2D eigenvalue weighted by Crippen LogP contribution is -2.22. The minimum atomic E-state index is 0.151. The number of benzene rings is 1. The molecule has 0 radical (unpaired) electrons. The van der Waals surface area contributed by atoms with E-state index in [1.54, 1.807) is 0 Å². The van der Waals surface area contributed by atoms with E-state index in [1.807, 2.05) is 37.4 Å². The molecule has 0 heterocycles. The van der Waals surface area contributed by atoms with Crippen molar-refractivity contribution in [3.05, 3.63) is 35.9 Å². The summed E-state index contributed by atoms with van der Waals surface area (Å²) >= 11 is 0. The molecule has 0 fully saturated rings. The third-order valence-corrected chi connectivity index (χ3v) is 2.66. The van der Waals surface area contributed by atoms with Crippen LogP contribution in [0, 0.1) is 0 Å². The Kier molecular flexibility index (Phi) is 7.07. The smallest absolute Gasteiger partial charge is 0.220 e. The Morgan fingerprint density at radius 1 is 1.12 bits per heavy atom. The Morgan fingerprint density at radius 2 is 1.88 bits per heavy atom. The Balaban J connectivity index is 2.05. The molecule has 1 aromatic carbocycles. The van der Waals surface area contributed by atoms with Crippen LogP contribution < -0.4 is 10.6 Å². The number of rotatable bonds is 8. The summed E-state index contributed by atoms with van der Waals surface area (Å²) in [4.78, 5) is 11.5. The predicted octanol–water partition coefficient (Wildman–Crippen LogP) is 2.08. The quantitative estimate of drug-likeness (QED) is 0.676. The molecule has 0 aliphatic rings. The lowest BCUT2D eigenvalue weighted by molar-refractivity contribution is -0.121. The molecule has 0 spiro atoms. The second-order valence-electron chi connectivity index (χ2n) is 4.18. The average Bonchev–Trinajstić information content (AvgIpc) is 2.37. The molecule has 3 heteroatoms. The van der Waals surface area contributed by atoms with E-state index in [-0.39, 0.29) is 5.91 Å². The lowest BCUT2D eigenvalue weighted by Gasteiger charge is -2.05. The SMILES string of the molecule is CNCCCCCC(=O)NCc1ccccc1. The maximum atomic E-state index is 11.5. The Labute approximate surface area is 104 Å². The van der Waals surface area contributed by atoms with Crippen LogP contribution in [0.5, 0.6) is 0 Å². The third-order valence-electron chi connectivity index (χ3n) is 2.66. The van der Waals surface area contributed by atoms with Gasteiger partial charge in [0, 0.05) is 13.0 Å². The number of amides is 1. The fraction of sp³-hybridized carbons (Fsp3) is 0.500. The van der Waals surface area contributed by atoms with Crippen LogP contribution in [0.25, 0.3) is 0 Å². The van der Waals surface area contributed by atoms with Crippen molar-refractivity contribution in [1.29, 1.82) is 0 Å². The molecular weight excluding hydrogens is 212 g/mol. The van der Waals surface area contributed by atoms with Gasteiger partial charge in [0.25, 0.3) is 0 Å². The first-order valence-electron chi connectivity index (χ1n) is 6.28. The van der Waals surface area contributed by atoms with Gasteiger partial charge in [-0.3, -0.25) is 4.79 Å². The summed E-state index contributed by atoms with van der Waals surface area (Å²) in [5.74, 6) is 0.151. The summed E-state index contributed by atoms with van der Waals surface area (Å²) in [5, 5.41) is 6.04. The minimum Gasteiger partial charge on any atom is -0.352 e. The summed E-state index contributed by atoms with van der Waals surface area (Å²) in [6, 6.07) is 9.99. The van der Waals surface area contributed by atoms with E-state index in [9.17, 15) is 4.79 Å². The molecule has 0 aliphatic carbocycles. The second-order valence-corrected chi connectivity index (χ2v) is 4.18. The monoisotopic (exact) mass is 234 g/mol. The standard InChI is InChI=1S/C14H22N2O/c1-15-11-7-3-6-10-14(17)16-12-13-8-4-2-5-9-13/h2,4-5,8-9,15H,3,6-7,10-12H2,1H3,(H,16,17). The van der Waals surface area contributed by atoms with Crippen molar-refractivity contribution in [2.45, 2.75) is 32.2 Å². The minimum absolute atomic E-state index is 0.151. The largest absolute Gasteiger partial charge is 0.352 e. The van der Waals surface area contributed by atoms with Gasteiger partial charge in [0.05, 0.1) is 0 Å². The molecule has 0 unspecified atom stereocenters. The summed E-state index contributed by atoms with van der Waals surface area (Å²) < 4.78 is 0. The second kappa shape index (κ2) is 8.76. The van der Waals surface area contributed by atoms with Crippen LogP contribution in [0.3, 0.4) is 0 Å². The van der Waals surface area contributed by atoms with Crippen LogP contribution in [-0.4, -0.2) is 19.5 Å². The van der Waals surface area contributed by atoms with E-state index in [0.29, 0.717) is 13.0 Å². The van der Waals surface area contributed by atoms with Gasteiger partial charge in [0.2, 0.25) is 5.91 Å². The van der Waals surface area contributed by atoms with Crippen molar-refractivity contribution in [1.82, 2.24) is 10.6 Å². The molecule has 94 valence electrons. The van der Waals surface area contributed by atoms with Gasteiger partial charge in [-0.25, -0.2) is 0 Å². The number of nitrogens with one attached hydrogen (secondary N) is 2. The van der Waals surface area contributed by atoms with E-state index in [4.69, 9.17) is 0 Å². The topological polar surface area (TPSA) is 41.1 Å². The number of carbonyl (C=O) groups is 1. The third kappa shape index (κ3) is 6.74. The van der Waals surface area contributed by atoms with Gasteiger partial charge in [-0.1, -0.05) is 36.8 Å². The highest BCUT2D eigenvalue weighted by Crippen LogP contribution is 2.01. The number of unbranched alkanes of at least 4 members (excludes halogenated alkanes) is 2. The lowest BCUT2D eigenvalue weighted by atomic mass is 10.2. The Bertz CT molecular complexity index is 311. The molecule has 0 saturated carbocycles. The van der Waals surface area contributed by atoms with E-state index in [2.05, 4.69) is 10.6 Å². The zero-order chi connectivity index (χ0) is 12.3. The van der Waals surface area contributed by atoms with Gasteiger partial charge in [0.1, 0.15) is 0 Å². The fourth-order valence-corrected chi connectivity index (χ4v) is 1.65. The van der Waals surface area contributed by atoms with Crippen LogP contribution in [-0.2, 0) is 11.3 Å². The van der Waals surface area contributed by atoms with Gasteiger partial charge < -0.3 is 10.6 Å². The van der Waals surface area contributed by atoms with Crippen molar-refractivity contribution >= 4 is 5.91 Å². The summed E-state index contributed by atoms with van der Waals surface area (Å²) in [5.41, 5.74) is 1.15. The molecular formula is C14H22N2O. The zero-order valence-electron chi connectivity index (χ0n) is 10.5. The Hall–Kier alpha value is -1.35. The highest BCUT2D eigenvalue weighted by atomic mass is 16.1. The molecule has 0 bridgehead atoms. The number of hydrogen-bond acceptors (Lipinski definition) is 2. The molecule has 2 N–H and O–H groups in total. The van der Waals surface area contributed by atoms with E-state index in [0.717, 1.165) is 31.4 Å². The molecule has 0 atom stereocenters. The maximum absolute atomic E-state index is 11.5. The van der Waals surface area contributed by atoms with Crippen LogP contribution in [0.2, 0.25) is 0 Å². The normalized spacial score (nSPS) is 10.2. The van der Waals surface area contributed by atoms with Gasteiger partial charge in [0.15, 0.2) is 0 Å². The summed E-state index contributed by atoms with van der Waals surface area (Å²) in [7, 11) is 1.95. The molecule has 17 heavy (non-hydrogen) atoms. The molecule has 3 nitrogen and oxygen atoms in total. The van der Waals surface area contributed by atoms with Crippen LogP contribution >= 0.6 is 0 Å². The van der Waals surface area contributed by atoms with Crippen molar-refractivity contribution in [2.75, 3.05) is 13.6 Å². The van der Waals surface area contributed by atoms with Crippen LogP contribution in [0.4, 0.5) is 0 Å². The Morgan fingerprint density at radius 3 is 2.59 bits per heavy atom. The molecule has 0 aliphatic heterocycles. The number of carbonyl (C=O) groups excluding carboxylic acids is 1. The zero-order valence-corrected chi connectivity index (χ0v) is 10.5. The molecule has 1 amide bonds. The van der Waals surface area contributed by atoms with Gasteiger partial charge in [-0.15, -0.1) is 0 Å². The molecule has 0 saturated heterocycles. The number of hydrogen-bond donors (Lipinski definition) is 2. The van der Waals surface area contributed by atoms with Crippen LogP contribution in [0.15, 0.2) is 30.3 Å². The summed E-state index contributed by atoms with van der Waals surface area (Å²) in [6.45, 7) is 1.67. The molecule has 0 aromatic heterocycles. The van der Waals surface area contributed by atoms with Gasteiger partial charge in [-0.2, -0.15) is 0 Å². The van der Waals surface area contributed by atoms with Crippen molar-refractivity contribution in [3.8, 4) is 0 Å². The summed E-state index contributed by atoms with van der Waals surface area (Å²) in [6.07, 6.45) is 3.86. The van der Waals surface area contributed by atoms with E-state index in [1.165, 1.54) is 0 Å². The highest BCUT2D eigenvalue weighted by molar-refractivity contribution is 5.75. The average molecular weight is 234 g/mol. The molecule has 1 rings (SSSR count). The van der Waals surface area contributed by atoms with Gasteiger partial charge >= 0.3 is 0 Å². The van der Waals surface area contributed by atoms with E-state index < -0.39 is 0 Å². The first kappa shape index (κ1) is 13.7. The highest BCUT2D eigenvalue weighted by Gasteiger charge is 2.00.